The van der Waals surface area contributed by atoms with Crippen LogP contribution in [-0.2, 0) is 0 Å². The Balaban J connectivity index is 1.96. The minimum Gasteiger partial charge on any atom is -0.395 e. The van der Waals surface area contributed by atoms with Crippen molar-refractivity contribution in [3.8, 4) is 0 Å². The van der Waals surface area contributed by atoms with E-state index in [4.69, 9.17) is 0 Å². The Labute approximate surface area is 111 Å². The first-order valence-corrected chi connectivity index (χ1v) is 7.89. The molecule has 0 spiro atoms. The van der Waals surface area contributed by atoms with Crippen LogP contribution >= 0.6 is 12.6 Å². The fourth-order valence-corrected chi connectivity index (χ4v) is 3.99. The Morgan fingerprint density at radius 2 is 1.88 bits per heavy atom. The van der Waals surface area contributed by atoms with E-state index in [1.807, 2.05) is 0 Å². The molecule has 2 rings (SSSR count). The van der Waals surface area contributed by atoms with Crippen molar-refractivity contribution < 1.29 is 5.11 Å². The van der Waals surface area contributed by atoms with Crippen LogP contribution in [0.5, 0.6) is 0 Å². The van der Waals surface area contributed by atoms with Gasteiger partial charge in [0.15, 0.2) is 0 Å². The number of nitrogens with zero attached hydrogens (tertiary/aromatic N) is 1. The number of aliphatic hydroxyl groups is 1. The van der Waals surface area contributed by atoms with Gasteiger partial charge in [-0.1, -0.05) is 25.7 Å². The molecule has 1 N–H and O–H groups in total. The van der Waals surface area contributed by atoms with Crippen LogP contribution in [0, 0.1) is 5.41 Å². The number of thiol groups is 1. The van der Waals surface area contributed by atoms with Crippen molar-refractivity contribution in [3.05, 3.63) is 0 Å². The lowest BCUT2D eigenvalue weighted by Gasteiger charge is -2.44. The van der Waals surface area contributed by atoms with E-state index in [1.165, 1.54) is 64.5 Å². The maximum Gasteiger partial charge on any atom is 0.0586 e. The first kappa shape index (κ1) is 13.7. The molecule has 0 aromatic heterocycles. The molecule has 2 fully saturated rings. The van der Waals surface area contributed by atoms with Crippen molar-refractivity contribution >= 4 is 12.6 Å². The van der Waals surface area contributed by atoms with Gasteiger partial charge in [-0.15, -0.1) is 0 Å². The summed E-state index contributed by atoms with van der Waals surface area (Å²) < 4.78 is 0. The van der Waals surface area contributed by atoms with Crippen molar-refractivity contribution in [2.75, 3.05) is 25.4 Å². The molecular formula is C14H27NOS. The molecule has 1 aliphatic heterocycles. The molecule has 1 unspecified atom stereocenters. The third kappa shape index (κ3) is 3.39. The smallest absolute Gasteiger partial charge is 0.0586 e. The number of likely N-dealkylation sites (tertiary alicyclic amines) is 1. The van der Waals surface area contributed by atoms with Gasteiger partial charge < -0.3 is 5.11 Å². The quantitative estimate of drug-likeness (QED) is 0.757. The lowest BCUT2D eigenvalue weighted by molar-refractivity contribution is 0.0410. The van der Waals surface area contributed by atoms with E-state index in [0.29, 0.717) is 18.1 Å². The zero-order chi connectivity index (χ0) is 12.1. The normalized spacial score (nSPS) is 30.4. The van der Waals surface area contributed by atoms with E-state index in [1.54, 1.807) is 0 Å². The van der Waals surface area contributed by atoms with Gasteiger partial charge in [-0.2, -0.15) is 12.6 Å². The summed E-state index contributed by atoms with van der Waals surface area (Å²) in [6, 6.07) is 0.419. The van der Waals surface area contributed by atoms with Crippen LogP contribution in [0.3, 0.4) is 0 Å². The molecule has 0 bridgehead atoms. The summed E-state index contributed by atoms with van der Waals surface area (Å²) in [5.41, 5.74) is 0.437. The lowest BCUT2D eigenvalue weighted by Crippen LogP contribution is -2.48. The van der Waals surface area contributed by atoms with Gasteiger partial charge in [-0.3, -0.25) is 4.90 Å². The second-order valence-corrected chi connectivity index (χ2v) is 6.34. The highest BCUT2D eigenvalue weighted by atomic mass is 32.1. The maximum absolute atomic E-state index is 9.49. The number of hydrogen-bond donors (Lipinski definition) is 2. The van der Waals surface area contributed by atoms with E-state index >= 15 is 0 Å². The van der Waals surface area contributed by atoms with Crippen molar-refractivity contribution in [1.29, 1.82) is 0 Å². The third-order valence-corrected chi connectivity index (χ3v) is 5.42. The summed E-state index contributed by atoms with van der Waals surface area (Å²) in [6.07, 6.45) is 10.6. The lowest BCUT2D eigenvalue weighted by atomic mass is 9.74. The summed E-state index contributed by atoms with van der Waals surface area (Å²) in [7, 11) is 0. The molecule has 17 heavy (non-hydrogen) atoms. The van der Waals surface area contributed by atoms with Crippen LogP contribution in [-0.4, -0.2) is 41.5 Å². The highest BCUT2D eigenvalue weighted by molar-refractivity contribution is 7.80. The van der Waals surface area contributed by atoms with Gasteiger partial charge in [0.25, 0.3) is 0 Å². The molecule has 2 nitrogen and oxygen atoms in total. The highest BCUT2D eigenvalue weighted by Crippen LogP contribution is 2.39. The second-order valence-electron chi connectivity index (χ2n) is 6.02. The van der Waals surface area contributed by atoms with Crippen LogP contribution < -0.4 is 0 Å². The summed E-state index contributed by atoms with van der Waals surface area (Å²) >= 11 is 4.62. The predicted molar refractivity (Wildman–Crippen MR) is 75.7 cm³/mol. The van der Waals surface area contributed by atoms with E-state index in [0.717, 1.165) is 5.75 Å². The summed E-state index contributed by atoms with van der Waals surface area (Å²) in [6.45, 7) is 2.69. The summed E-state index contributed by atoms with van der Waals surface area (Å²) in [5, 5.41) is 9.49. The van der Waals surface area contributed by atoms with Crippen molar-refractivity contribution in [2.24, 2.45) is 5.41 Å². The first-order chi connectivity index (χ1) is 8.29. The van der Waals surface area contributed by atoms with Gasteiger partial charge >= 0.3 is 0 Å². The molecule has 1 saturated heterocycles. The predicted octanol–water partition coefficient (Wildman–Crippen LogP) is 2.71. The fourth-order valence-electron chi connectivity index (χ4n) is 3.57. The van der Waals surface area contributed by atoms with Crippen molar-refractivity contribution in [1.82, 2.24) is 4.90 Å². The van der Waals surface area contributed by atoms with Gasteiger partial charge in [0.2, 0.25) is 0 Å². The Bertz CT molecular complexity index is 228. The van der Waals surface area contributed by atoms with Gasteiger partial charge in [-0.05, 0) is 43.4 Å². The zero-order valence-electron chi connectivity index (χ0n) is 10.9. The molecular weight excluding hydrogens is 230 g/mol. The van der Waals surface area contributed by atoms with E-state index in [2.05, 4.69) is 17.5 Å². The van der Waals surface area contributed by atoms with Crippen molar-refractivity contribution in [3.63, 3.8) is 0 Å². The second kappa shape index (κ2) is 6.44. The molecule has 1 atom stereocenters. The van der Waals surface area contributed by atoms with Gasteiger partial charge in [-0.25, -0.2) is 0 Å². The Hall–Kier alpha value is 0.270. The van der Waals surface area contributed by atoms with E-state index in [9.17, 15) is 5.11 Å². The largest absolute Gasteiger partial charge is 0.395 e. The van der Waals surface area contributed by atoms with Crippen LogP contribution in [0.25, 0.3) is 0 Å². The number of piperidine rings is 1. The minimum atomic E-state index is 0.336. The minimum absolute atomic E-state index is 0.336. The average molecular weight is 257 g/mol. The Morgan fingerprint density at radius 3 is 2.53 bits per heavy atom. The molecule has 1 saturated carbocycles. The van der Waals surface area contributed by atoms with Gasteiger partial charge in [0.05, 0.1) is 6.61 Å². The molecule has 3 heteroatoms. The molecule has 0 amide bonds. The third-order valence-electron chi connectivity index (χ3n) is 4.75. The molecule has 0 aromatic rings. The maximum atomic E-state index is 9.49. The molecule has 1 aliphatic carbocycles. The van der Waals surface area contributed by atoms with E-state index < -0.39 is 0 Å². The molecule has 100 valence electrons. The monoisotopic (exact) mass is 257 g/mol. The van der Waals surface area contributed by atoms with Crippen LogP contribution in [0.4, 0.5) is 0 Å². The van der Waals surface area contributed by atoms with Crippen molar-refractivity contribution in [2.45, 2.75) is 57.4 Å². The molecule has 0 aromatic carbocycles. The standard InChI is InChI=1S/C14H27NOS/c16-10-13-6-2-5-9-15(13)11-14(12-17)7-3-1-4-8-14/h13,16-17H,1-12H2. The fraction of sp³-hybridized carbons (Fsp3) is 1.00. The van der Waals surface area contributed by atoms with Gasteiger partial charge in [0.1, 0.15) is 0 Å². The first-order valence-electron chi connectivity index (χ1n) is 7.25. The van der Waals surface area contributed by atoms with Crippen LogP contribution in [0.1, 0.15) is 51.4 Å². The Kier molecular flexibility index (Phi) is 5.19. The average Bonchev–Trinajstić information content (AvgIpc) is 2.40. The molecule has 0 radical (unpaired) electrons. The van der Waals surface area contributed by atoms with Crippen LogP contribution in [0.15, 0.2) is 0 Å². The Morgan fingerprint density at radius 1 is 1.12 bits per heavy atom. The highest BCUT2D eigenvalue weighted by Gasteiger charge is 2.35. The SMILES string of the molecule is OCC1CCCCN1CC1(CS)CCCCC1. The number of rotatable bonds is 4. The zero-order valence-corrected chi connectivity index (χ0v) is 11.8. The van der Waals surface area contributed by atoms with Gasteiger partial charge in [0, 0.05) is 12.6 Å². The summed E-state index contributed by atoms with van der Waals surface area (Å²) in [4.78, 5) is 2.55. The number of aliphatic hydroxyl groups excluding tert-OH is 1. The van der Waals surface area contributed by atoms with Crippen LogP contribution in [0.2, 0.25) is 0 Å². The molecule has 2 aliphatic rings. The summed E-state index contributed by atoms with van der Waals surface area (Å²) in [5.74, 6) is 1.02. The topological polar surface area (TPSA) is 23.5 Å². The number of hydrogen-bond acceptors (Lipinski definition) is 3. The van der Waals surface area contributed by atoms with E-state index in [-0.39, 0.29) is 0 Å². The molecule has 1 heterocycles.